The topological polar surface area (TPSA) is 51.2 Å². The zero-order valence-electron chi connectivity index (χ0n) is 16.4. The summed E-state index contributed by atoms with van der Waals surface area (Å²) < 4.78 is 5.96. The summed E-state index contributed by atoms with van der Waals surface area (Å²) >= 11 is 4.97. The van der Waals surface area contributed by atoms with Gasteiger partial charge in [-0.3, -0.25) is 10.1 Å². The predicted octanol–water partition coefficient (Wildman–Crippen LogP) is 6.40. The van der Waals surface area contributed by atoms with Gasteiger partial charge in [0.25, 0.3) is 5.91 Å². The number of hydrogen-bond donors (Lipinski definition) is 1. The Hall–Kier alpha value is -2.18. The second-order valence-electron chi connectivity index (χ2n) is 6.64. The van der Waals surface area contributed by atoms with Crippen molar-refractivity contribution in [1.82, 2.24) is 4.98 Å². The average Bonchev–Trinajstić information content (AvgIpc) is 3.06. The minimum atomic E-state index is -0.188. The smallest absolute Gasteiger partial charge is 0.257 e. The Morgan fingerprint density at radius 2 is 1.96 bits per heavy atom. The molecule has 3 rings (SSSR count). The Balaban J connectivity index is 1.89. The van der Waals surface area contributed by atoms with Crippen LogP contribution in [0.25, 0.3) is 11.3 Å². The summed E-state index contributed by atoms with van der Waals surface area (Å²) in [7, 11) is 1.60. The summed E-state index contributed by atoms with van der Waals surface area (Å²) in [6.07, 6.45) is 1.96. The zero-order valence-corrected chi connectivity index (χ0v) is 18.8. The SMILES string of the molecule is CCCc1sc(NC(=O)c2ccc(OC)c(Br)c2)nc1-c1ccc(C)c(C)c1. The van der Waals surface area contributed by atoms with Crippen LogP contribution in [0.3, 0.4) is 0 Å². The van der Waals surface area contributed by atoms with Gasteiger partial charge in [-0.1, -0.05) is 25.5 Å². The Morgan fingerprint density at radius 1 is 1.18 bits per heavy atom. The van der Waals surface area contributed by atoms with Crippen LogP contribution < -0.4 is 10.1 Å². The van der Waals surface area contributed by atoms with Crippen molar-refractivity contribution in [3.05, 3.63) is 62.4 Å². The molecule has 0 spiro atoms. The third-order valence-corrected chi connectivity index (χ3v) is 6.24. The van der Waals surface area contributed by atoms with Gasteiger partial charge in [-0.05, 0) is 71.6 Å². The van der Waals surface area contributed by atoms with Gasteiger partial charge in [0.05, 0.1) is 17.3 Å². The summed E-state index contributed by atoms with van der Waals surface area (Å²) in [5, 5.41) is 3.56. The van der Waals surface area contributed by atoms with E-state index < -0.39 is 0 Å². The number of nitrogens with zero attached hydrogens (tertiary/aromatic N) is 1. The molecule has 0 unspecified atom stereocenters. The molecule has 0 saturated carbocycles. The highest BCUT2D eigenvalue weighted by Gasteiger charge is 2.16. The first-order chi connectivity index (χ1) is 13.4. The number of anilines is 1. The predicted molar refractivity (Wildman–Crippen MR) is 120 cm³/mol. The number of rotatable bonds is 6. The molecule has 3 aromatic rings. The Morgan fingerprint density at radius 3 is 2.61 bits per heavy atom. The summed E-state index contributed by atoms with van der Waals surface area (Å²) in [6.45, 7) is 6.36. The first kappa shape index (κ1) is 20.6. The van der Waals surface area contributed by atoms with Crippen molar-refractivity contribution in [2.75, 3.05) is 12.4 Å². The maximum Gasteiger partial charge on any atom is 0.257 e. The van der Waals surface area contributed by atoms with E-state index in [2.05, 4.69) is 60.2 Å². The maximum absolute atomic E-state index is 12.7. The number of aryl methyl sites for hydroxylation is 3. The minimum Gasteiger partial charge on any atom is -0.496 e. The van der Waals surface area contributed by atoms with Gasteiger partial charge in [0.2, 0.25) is 0 Å². The first-order valence-corrected chi connectivity index (χ1v) is 10.8. The van der Waals surface area contributed by atoms with E-state index in [0.29, 0.717) is 16.4 Å². The number of aromatic nitrogens is 1. The van der Waals surface area contributed by atoms with Crippen molar-refractivity contribution >= 4 is 38.3 Å². The van der Waals surface area contributed by atoms with Crippen LogP contribution in [0.15, 0.2) is 40.9 Å². The zero-order chi connectivity index (χ0) is 20.3. The molecule has 1 N–H and O–H groups in total. The fourth-order valence-electron chi connectivity index (χ4n) is 2.89. The van der Waals surface area contributed by atoms with Gasteiger partial charge >= 0.3 is 0 Å². The summed E-state index contributed by atoms with van der Waals surface area (Å²) in [6, 6.07) is 11.6. The lowest BCUT2D eigenvalue weighted by molar-refractivity contribution is 0.102. The average molecular weight is 459 g/mol. The van der Waals surface area contributed by atoms with E-state index in [1.165, 1.54) is 16.0 Å². The Kier molecular flexibility index (Phi) is 6.52. The lowest BCUT2D eigenvalue weighted by atomic mass is 10.0. The van der Waals surface area contributed by atoms with Crippen LogP contribution in [0.2, 0.25) is 0 Å². The van der Waals surface area contributed by atoms with Crippen molar-refractivity contribution in [3.63, 3.8) is 0 Å². The van der Waals surface area contributed by atoms with Crippen molar-refractivity contribution in [1.29, 1.82) is 0 Å². The summed E-state index contributed by atoms with van der Waals surface area (Å²) in [4.78, 5) is 18.6. The highest BCUT2D eigenvalue weighted by atomic mass is 79.9. The molecule has 0 aliphatic heterocycles. The van der Waals surface area contributed by atoms with Crippen LogP contribution in [0.4, 0.5) is 5.13 Å². The number of thiazole rings is 1. The molecular weight excluding hydrogens is 436 g/mol. The van der Waals surface area contributed by atoms with E-state index in [4.69, 9.17) is 9.72 Å². The van der Waals surface area contributed by atoms with Gasteiger partial charge in [0.15, 0.2) is 5.13 Å². The van der Waals surface area contributed by atoms with Crippen molar-refractivity contribution in [2.24, 2.45) is 0 Å². The third kappa shape index (κ3) is 4.45. The number of carbonyl (C=O) groups is 1. The van der Waals surface area contributed by atoms with E-state index in [9.17, 15) is 4.79 Å². The Bertz CT molecular complexity index is 1010. The second kappa shape index (κ2) is 8.88. The molecule has 6 heteroatoms. The summed E-state index contributed by atoms with van der Waals surface area (Å²) in [5.41, 5.74) is 5.10. The van der Waals surface area contributed by atoms with Crippen LogP contribution in [0, 0.1) is 13.8 Å². The fraction of sp³-hybridized carbons (Fsp3) is 0.273. The van der Waals surface area contributed by atoms with Crippen molar-refractivity contribution in [2.45, 2.75) is 33.6 Å². The number of amides is 1. The molecule has 2 aromatic carbocycles. The molecule has 0 atom stereocenters. The second-order valence-corrected chi connectivity index (χ2v) is 8.58. The van der Waals surface area contributed by atoms with Crippen molar-refractivity contribution < 1.29 is 9.53 Å². The highest BCUT2D eigenvalue weighted by Crippen LogP contribution is 2.33. The number of carbonyl (C=O) groups excluding carboxylic acids is 1. The molecular formula is C22H23BrN2O2S. The third-order valence-electron chi connectivity index (χ3n) is 4.59. The minimum absolute atomic E-state index is 0.188. The highest BCUT2D eigenvalue weighted by molar-refractivity contribution is 9.10. The van der Waals surface area contributed by atoms with Gasteiger partial charge in [-0.25, -0.2) is 4.98 Å². The molecule has 0 saturated heterocycles. The maximum atomic E-state index is 12.7. The molecule has 146 valence electrons. The molecule has 1 aromatic heterocycles. The molecule has 0 bridgehead atoms. The molecule has 1 heterocycles. The van der Waals surface area contributed by atoms with Crippen LogP contribution in [-0.4, -0.2) is 18.0 Å². The van der Waals surface area contributed by atoms with E-state index in [1.54, 1.807) is 36.6 Å². The quantitative estimate of drug-likeness (QED) is 0.464. The molecule has 4 nitrogen and oxygen atoms in total. The lowest BCUT2D eigenvalue weighted by Gasteiger charge is -2.06. The number of hydrogen-bond acceptors (Lipinski definition) is 4. The van der Waals surface area contributed by atoms with E-state index >= 15 is 0 Å². The molecule has 0 aliphatic carbocycles. The number of benzene rings is 2. The van der Waals surface area contributed by atoms with Gasteiger partial charge in [0.1, 0.15) is 5.75 Å². The van der Waals surface area contributed by atoms with Crippen LogP contribution in [0.5, 0.6) is 5.75 Å². The van der Waals surface area contributed by atoms with Crippen LogP contribution in [-0.2, 0) is 6.42 Å². The molecule has 1 amide bonds. The molecule has 28 heavy (non-hydrogen) atoms. The Labute approximate surface area is 178 Å². The fourth-order valence-corrected chi connectivity index (χ4v) is 4.51. The van der Waals surface area contributed by atoms with Gasteiger partial charge in [0, 0.05) is 16.0 Å². The van der Waals surface area contributed by atoms with E-state index in [-0.39, 0.29) is 5.91 Å². The monoisotopic (exact) mass is 458 g/mol. The van der Waals surface area contributed by atoms with Gasteiger partial charge < -0.3 is 4.74 Å². The standard InChI is InChI=1S/C22H23BrN2O2S/c1-5-6-19-20(15-8-7-13(2)14(3)11-15)24-22(28-19)25-21(26)16-9-10-18(27-4)17(23)12-16/h7-12H,5-6H2,1-4H3,(H,24,25,26). The van der Waals surface area contributed by atoms with Gasteiger partial charge in [-0.15, -0.1) is 11.3 Å². The summed E-state index contributed by atoms with van der Waals surface area (Å²) in [5.74, 6) is 0.500. The molecule has 0 radical (unpaired) electrons. The number of ether oxygens (including phenoxy) is 1. The lowest BCUT2D eigenvalue weighted by Crippen LogP contribution is -2.11. The van der Waals surface area contributed by atoms with Crippen LogP contribution in [0.1, 0.15) is 39.7 Å². The van der Waals surface area contributed by atoms with Crippen molar-refractivity contribution in [3.8, 4) is 17.0 Å². The molecule has 0 fully saturated rings. The van der Waals surface area contributed by atoms with E-state index in [1.807, 2.05) is 0 Å². The van der Waals surface area contributed by atoms with Gasteiger partial charge in [-0.2, -0.15) is 0 Å². The van der Waals surface area contributed by atoms with Crippen LogP contribution >= 0.6 is 27.3 Å². The number of nitrogens with one attached hydrogen (secondary N) is 1. The normalized spacial score (nSPS) is 10.8. The number of methoxy groups -OCH3 is 1. The van der Waals surface area contributed by atoms with E-state index in [0.717, 1.165) is 28.6 Å². The largest absolute Gasteiger partial charge is 0.496 e. The first-order valence-electron chi connectivity index (χ1n) is 9.15. The molecule has 0 aliphatic rings. The number of halogens is 1.